The van der Waals surface area contributed by atoms with Gasteiger partial charge >= 0.3 is 0 Å². The molecule has 0 heterocycles. The first kappa shape index (κ1) is 10.5. The monoisotopic (exact) mass is 157 g/mol. The molecule has 2 nitrogen and oxygen atoms in total. The van der Waals surface area contributed by atoms with Gasteiger partial charge in [-0.1, -0.05) is 19.0 Å². The van der Waals surface area contributed by atoms with Gasteiger partial charge in [-0.25, -0.2) is 0 Å². The molecule has 0 aromatic carbocycles. The van der Waals surface area contributed by atoms with E-state index in [9.17, 15) is 0 Å². The zero-order valence-corrected chi connectivity index (χ0v) is 8.22. The summed E-state index contributed by atoms with van der Waals surface area (Å²) in [7, 11) is 0. The van der Waals surface area contributed by atoms with Crippen LogP contribution in [0.2, 0.25) is 0 Å². The van der Waals surface area contributed by atoms with E-state index in [0.717, 1.165) is 6.42 Å². The van der Waals surface area contributed by atoms with Crippen molar-refractivity contribution >= 4 is 6.21 Å². The van der Waals surface area contributed by atoms with E-state index in [1.807, 2.05) is 27.0 Å². The highest BCUT2D eigenvalue weighted by molar-refractivity contribution is 5.59. The highest BCUT2D eigenvalue weighted by atomic mass is 16.6. The molecule has 0 saturated carbocycles. The summed E-state index contributed by atoms with van der Waals surface area (Å²) in [6.45, 7) is 10.2. The molecule has 0 aromatic heterocycles. The largest absolute Gasteiger partial charge is 0.390 e. The molecule has 11 heavy (non-hydrogen) atoms. The molecule has 0 aliphatic rings. The number of hydrogen-bond donors (Lipinski definition) is 0. The summed E-state index contributed by atoms with van der Waals surface area (Å²) in [5, 5.41) is 3.89. The van der Waals surface area contributed by atoms with Gasteiger partial charge in [0.1, 0.15) is 5.60 Å². The Bertz CT molecular complexity index is 124. The predicted octanol–water partition coefficient (Wildman–Crippen LogP) is 2.83. The summed E-state index contributed by atoms with van der Waals surface area (Å²) in [5.74, 6) is 0.511. The molecule has 66 valence electrons. The number of nitrogens with zero attached hydrogens (tertiary/aromatic N) is 1. The quantitative estimate of drug-likeness (QED) is 0.456. The maximum Gasteiger partial charge on any atom is 0.129 e. The van der Waals surface area contributed by atoms with Crippen molar-refractivity contribution in [3.05, 3.63) is 0 Å². The molecular weight excluding hydrogens is 138 g/mol. The van der Waals surface area contributed by atoms with Crippen LogP contribution in [0.25, 0.3) is 0 Å². The molecule has 0 spiro atoms. The Morgan fingerprint density at radius 1 is 1.45 bits per heavy atom. The molecule has 0 fully saturated rings. The summed E-state index contributed by atoms with van der Waals surface area (Å²) in [4.78, 5) is 5.17. The van der Waals surface area contributed by atoms with Gasteiger partial charge in [-0.3, -0.25) is 0 Å². The average Bonchev–Trinajstić information content (AvgIpc) is 1.85. The van der Waals surface area contributed by atoms with Crippen LogP contribution in [0, 0.1) is 5.92 Å². The summed E-state index contributed by atoms with van der Waals surface area (Å²) >= 11 is 0. The van der Waals surface area contributed by atoms with Crippen LogP contribution in [0.5, 0.6) is 0 Å². The molecule has 0 aliphatic carbocycles. The Labute approximate surface area is 69.6 Å². The highest BCUT2D eigenvalue weighted by Crippen LogP contribution is 2.07. The Morgan fingerprint density at radius 2 is 2.00 bits per heavy atom. The molecule has 1 atom stereocenters. The standard InChI is InChI=1S/C9H19NO/c1-6-8(2)7-10-11-9(3,4)5/h7-8H,6H2,1-5H3/b10-7+. The Balaban J connectivity index is 3.60. The first-order valence-corrected chi connectivity index (χ1v) is 4.17. The molecular formula is C9H19NO. The van der Waals surface area contributed by atoms with Crippen molar-refractivity contribution in [1.29, 1.82) is 0 Å². The fourth-order valence-electron chi connectivity index (χ4n) is 0.398. The van der Waals surface area contributed by atoms with Gasteiger partial charge < -0.3 is 4.84 Å². The van der Waals surface area contributed by atoms with Crippen LogP contribution in [0.3, 0.4) is 0 Å². The maximum atomic E-state index is 5.17. The van der Waals surface area contributed by atoms with Gasteiger partial charge in [-0.15, -0.1) is 0 Å². The second-order valence-electron chi connectivity index (χ2n) is 3.84. The minimum atomic E-state index is -0.163. The van der Waals surface area contributed by atoms with E-state index in [2.05, 4.69) is 19.0 Å². The molecule has 2 heteroatoms. The van der Waals surface area contributed by atoms with Gasteiger partial charge in [-0.2, -0.15) is 0 Å². The third-order valence-corrected chi connectivity index (χ3v) is 1.29. The lowest BCUT2D eigenvalue weighted by molar-refractivity contribution is 0.00120. The lowest BCUT2D eigenvalue weighted by Gasteiger charge is -2.15. The van der Waals surface area contributed by atoms with Crippen LogP contribution in [-0.4, -0.2) is 11.8 Å². The topological polar surface area (TPSA) is 21.6 Å². The highest BCUT2D eigenvalue weighted by Gasteiger charge is 2.09. The fraction of sp³-hybridized carbons (Fsp3) is 0.889. The second kappa shape index (κ2) is 4.37. The molecule has 0 radical (unpaired) electrons. The van der Waals surface area contributed by atoms with Crippen LogP contribution in [0.15, 0.2) is 5.16 Å². The van der Waals surface area contributed by atoms with Crippen LogP contribution < -0.4 is 0 Å². The SMILES string of the molecule is CCC(C)/C=N/OC(C)(C)C. The van der Waals surface area contributed by atoms with Crippen molar-refractivity contribution in [2.24, 2.45) is 11.1 Å². The Hall–Kier alpha value is -0.530. The third-order valence-electron chi connectivity index (χ3n) is 1.29. The third kappa shape index (κ3) is 7.37. The molecule has 0 N–H and O–H groups in total. The van der Waals surface area contributed by atoms with Crippen molar-refractivity contribution in [1.82, 2.24) is 0 Å². The van der Waals surface area contributed by atoms with Crippen LogP contribution in [-0.2, 0) is 4.84 Å². The van der Waals surface area contributed by atoms with Crippen molar-refractivity contribution < 1.29 is 4.84 Å². The van der Waals surface area contributed by atoms with E-state index >= 15 is 0 Å². The van der Waals surface area contributed by atoms with E-state index in [1.54, 1.807) is 0 Å². The van der Waals surface area contributed by atoms with Gasteiger partial charge in [-0.05, 0) is 33.1 Å². The molecule has 0 aromatic rings. The first-order chi connectivity index (χ1) is 4.95. The van der Waals surface area contributed by atoms with Gasteiger partial charge in [0.15, 0.2) is 0 Å². The van der Waals surface area contributed by atoms with E-state index in [-0.39, 0.29) is 5.60 Å². The lowest BCUT2D eigenvalue weighted by Crippen LogP contribution is -2.15. The minimum Gasteiger partial charge on any atom is -0.390 e. The van der Waals surface area contributed by atoms with Gasteiger partial charge in [0, 0.05) is 6.21 Å². The van der Waals surface area contributed by atoms with E-state index in [4.69, 9.17) is 4.84 Å². The maximum absolute atomic E-state index is 5.17. The van der Waals surface area contributed by atoms with Crippen LogP contribution >= 0.6 is 0 Å². The Morgan fingerprint density at radius 3 is 2.36 bits per heavy atom. The van der Waals surface area contributed by atoms with Gasteiger partial charge in [0.2, 0.25) is 0 Å². The smallest absolute Gasteiger partial charge is 0.129 e. The summed E-state index contributed by atoms with van der Waals surface area (Å²) in [6.07, 6.45) is 2.96. The normalized spacial score (nSPS) is 15.4. The second-order valence-corrected chi connectivity index (χ2v) is 3.84. The summed E-state index contributed by atoms with van der Waals surface area (Å²) in [5.41, 5.74) is -0.163. The van der Waals surface area contributed by atoms with Gasteiger partial charge in [0.25, 0.3) is 0 Å². The predicted molar refractivity (Wildman–Crippen MR) is 48.8 cm³/mol. The zero-order chi connectivity index (χ0) is 8.91. The van der Waals surface area contributed by atoms with Gasteiger partial charge in [0.05, 0.1) is 0 Å². The minimum absolute atomic E-state index is 0.163. The van der Waals surface area contributed by atoms with Crippen LogP contribution in [0.1, 0.15) is 41.0 Å². The average molecular weight is 157 g/mol. The Kier molecular flexibility index (Phi) is 4.16. The van der Waals surface area contributed by atoms with E-state index < -0.39 is 0 Å². The van der Waals surface area contributed by atoms with Crippen molar-refractivity contribution in [2.45, 2.75) is 46.6 Å². The zero-order valence-electron chi connectivity index (χ0n) is 8.22. The summed E-state index contributed by atoms with van der Waals surface area (Å²) < 4.78 is 0. The fourth-order valence-corrected chi connectivity index (χ4v) is 0.398. The van der Waals surface area contributed by atoms with E-state index in [0.29, 0.717) is 5.92 Å². The van der Waals surface area contributed by atoms with Crippen LogP contribution in [0.4, 0.5) is 0 Å². The molecule has 1 unspecified atom stereocenters. The molecule has 0 bridgehead atoms. The van der Waals surface area contributed by atoms with Crippen molar-refractivity contribution in [3.8, 4) is 0 Å². The molecule has 0 aliphatic heterocycles. The molecule has 0 amide bonds. The number of rotatable bonds is 3. The summed E-state index contributed by atoms with van der Waals surface area (Å²) in [6, 6.07) is 0. The van der Waals surface area contributed by atoms with Crippen molar-refractivity contribution in [3.63, 3.8) is 0 Å². The number of oxime groups is 1. The van der Waals surface area contributed by atoms with E-state index in [1.165, 1.54) is 0 Å². The van der Waals surface area contributed by atoms with Crippen molar-refractivity contribution in [2.75, 3.05) is 0 Å². The molecule has 0 saturated heterocycles. The lowest BCUT2D eigenvalue weighted by atomic mass is 10.1. The molecule has 0 rings (SSSR count). The number of hydrogen-bond acceptors (Lipinski definition) is 2. The first-order valence-electron chi connectivity index (χ1n) is 4.17.